The second kappa shape index (κ2) is 8.19. The zero-order valence-corrected chi connectivity index (χ0v) is 16.3. The van der Waals surface area contributed by atoms with Gasteiger partial charge in [0.05, 0.1) is 6.54 Å². The van der Waals surface area contributed by atoms with E-state index in [2.05, 4.69) is 41.7 Å². The van der Waals surface area contributed by atoms with E-state index in [-0.39, 0.29) is 0 Å². The molecule has 4 nitrogen and oxygen atoms in total. The monoisotopic (exact) mass is 376 g/mol. The van der Waals surface area contributed by atoms with Crippen LogP contribution in [0.1, 0.15) is 38.7 Å². The van der Waals surface area contributed by atoms with E-state index in [1.54, 1.807) is 0 Å². The lowest BCUT2D eigenvalue weighted by Gasteiger charge is -2.35. The van der Waals surface area contributed by atoms with Gasteiger partial charge in [0, 0.05) is 12.2 Å². The number of nitrogens with one attached hydrogen (secondary N) is 2. The number of anilines is 1. The van der Waals surface area contributed by atoms with Crippen molar-refractivity contribution in [3.05, 3.63) is 47.1 Å². The van der Waals surface area contributed by atoms with Gasteiger partial charge in [0.25, 0.3) is 0 Å². The molecule has 2 N–H and O–H groups in total. The molecule has 2 aromatic rings. The first-order valence-electron chi connectivity index (χ1n) is 8.87. The summed E-state index contributed by atoms with van der Waals surface area (Å²) in [5, 5.41) is 12.3. The molecule has 1 aliphatic rings. The fourth-order valence-electron chi connectivity index (χ4n) is 3.43. The van der Waals surface area contributed by atoms with E-state index in [9.17, 15) is 0 Å². The molecule has 0 spiro atoms. The Bertz CT molecular complexity index is 715. The highest BCUT2D eigenvalue weighted by molar-refractivity contribution is 7.80. The van der Waals surface area contributed by atoms with Crippen LogP contribution in [0.2, 0.25) is 5.02 Å². The SMILES string of the molecule is C[C@@H]1[C@H](C)CCC[C@@H]1NC(=S)Nc1nn(Cc2ccccc2)cc1Cl. The van der Waals surface area contributed by atoms with E-state index in [0.717, 1.165) is 12.3 Å². The molecular formula is C19H25ClN4S. The molecule has 3 rings (SSSR count). The minimum absolute atomic E-state index is 0.411. The van der Waals surface area contributed by atoms with Gasteiger partial charge in [-0.25, -0.2) is 0 Å². The average Bonchev–Trinajstić information content (AvgIpc) is 2.92. The number of aromatic nitrogens is 2. The number of nitrogens with zero attached hydrogens (tertiary/aromatic N) is 2. The van der Waals surface area contributed by atoms with Gasteiger partial charge in [0.2, 0.25) is 0 Å². The molecule has 0 aliphatic heterocycles. The number of hydrogen-bond acceptors (Lipinski definition) is 2. The minimum Gasteiger partial charge on any atom is -0.359 e. The highest BCUT2D eigenvalue weighted by Gasteiger charge is 2.27. The summed E-state index contributed by atoms with van der Waals surface area (Å²) in [6.07, 6.45) is 5.53. The number of benzene rings is 1. The summed E-state index contributed by atoms with van der Waals surface area (Å²) < 4.78 is 1.83. The number of rotatable bonds is 4. The first-order chi connectivity index (χ1) is 12.0. The Morgan fingerprint density at radius 1 is 1.28 bits per heavy atom. The third-order valence-corrected chi connectivity index (χ3v) is 5.66. The molecule has 3 atom stereocenters. The van der Waals surface area contributed by atoms with Gasteiger partial charge in [0.15, 0.2) is 10.9 Å². The third-order valence-electron chi connectivity index (χ3n) is 5.16. The van der Waals surface area contributed by atoms with Crippen molar-refractivity contribution in [3.8, 4) is 0 Å². The Hall–Kier alpha value is -1.59. The lowest BCUT2D eigenvalue weighted by molar-refractivity contribution is 0.225. The molecule has 0 saturated heterocycles. The zero-order valence-electron chi connectivity index (χ0n) is 14.7. The van der Waals surface area contributed by atoms with Crippen LogP contribution < -0.4 is 10.6 Å². The summed E-state index contributed by atoms with van der Waals surface area (Å²) in [4.78, 5) is 0. The van der Waals surface area contributed by atoms with E-state index in [0.29, 0.717) is 34.5 Å². The first kappa shape index (κ1) is 18.2. The van der Waals surface area contributed by atoms with Gasteiger partial charge in [-0.3, -0.25) is 4.68 Å². The standard InChI is InChI=1S/C19H25ClN4S/c1-13-7-6-10-17(14(13)2)21-19(25)22-18-16(20)12-24(23-18)11-15-8-4-3-5-9-15/h3-5,8-9,12-14,17H,6-7,10-11H2,1-2H3,(H2,21,22,23,25)/t13-,14-,17+/m1/s1. The molecule has 1 aromatic carbocycles. The maximum Gasteiger partial charge on any atom is 0.173 e. The smallest absolute Gasteiger partial charge is 0.173 e. The summed E-state index contributed by atoms with van der Waals surface area (Å²) in [5.74, 6) is 1.94. The fourth-order valence-corrected chi connectivity index (χ4v) is 3.88. The van der Waals surface area contributed by atoms with Crippen LogP contribution >= 0.6 is 23.8 Å². The Morgan fingerprint density at radius 3 is 2.80 bits per heavy atom. The van der Waals surface area contributed by atoms with E-state index in [4.69, 9.17) is 23.8 Å². The average molecular weight is 377 g/mol. The van der Waals surface area contributed by atoms with Crippen LogP contribution in [0.25, 0.3) is 0 Å². The van der Waals surface area contributed by atoms with Crippen molar-refractivity contribution >= 4 is 34.7 Å². The molecule has 0 bridgehead atoms. The van der Waals surface area contributed by atoms with E-state index in [1.807, 2.05) is 29.1 Å². The van der Waals surface area contributed by atoms with Crippen LogP contribution in [0.15, 0.2) is 36.5 Å². The lowest BCUT2D eigenvalue weighted by Crippen LogP contribution is -2.45. The quantitative estimate of drug-likeness (QED) is 0.759. The molecule has 25 heavy (non-hydrogen) atoms. The van der Waals surface area contributed by atoms with Gasteiger partial charge < -0.3 is 10.6 Å². The summed E-state index contributed by atoms with van der Waals surface area (Å²) in [6, 6.07) is 10.6. The maximum absolute atomic E-state index is 6.32. The van der Waals surface area contributed by atoms with Crippen LogP contribution in [0.3, 0.4) is 0 Å². The molecule has 0 radical (unpaired) electrons. The summed E-state index contributed by atoms with van der Waals surface area (Å²) in [5.41, 5.74) is 1.18. The number of thiocarbonyl (C=S) groups is 1. The highest BCUT2D eigenvalue weighted by Crippen LogP contribution is 2.29. The van der Waals surface area contributed by atoms with Gasteiger partial charge in [-0.05, 0) is 36.0 Å². The molecule has 0 amide bonds. The number of halogens is 1. The topological polar surface area (TPSA) is 41.9 Å². The highest BCUT2D eigenvalue weighted by atomic mass is 35.5. The van der Waals surface area contributed by atoms with Crippen molar-refractivity contribution in [2.24, 2.45) is 11.8 Å². The van der Waals surface area contributed by atoms with Gasteiger partial charge in [-0.1, -0.05) is 68.6 Å². The van der Waals surface area contributed by atoms with Crippen molar-refractivity contribution < 1.29 is 0 Å². The number of hydrogen-bond donors (Lipinski definition) is 2. The largest absolute Gasteiger partial charge is 0.359 e. The summed E-state index contributed by atoms with van der Waals surface area (Å²) >= 11 is 11.8. The molecule has 1 fully saturated rings. The zero-order chi connectivity index (χ0) is 17.8. The molecule has 134 valence electrons. The normalized spacial score (nSPS) is 23.2. The van der Waals surface area contributed by atoms with Crippen LogP contribution in [0.4, 0.5) is 5.82 Å². The summed E-state index contributed by atoms with van der Waals surface area (Å²) in [7, 11) is 0. The first-order valence-corrected chi connectivity index (χ1v) is 9.66. The minimum atomic E-state index is 0.411. The molecule has 1 aromatic heterocycles. The molecule has 1 aliphatic carbocycles. The van der Waals surface area contributed by atoms with Crippen molar-refractivity contribution in [2.45, 2.75) is 45.7 Å². The van der Waals surface area contributed by atoms with E-state index < -0.39 is 0 Å². The molecule has 1 heterocycles. The van der Waals surface area contributed by atoms with E-state index >= 15 is 0 Å². The second-order valence-corrected chi connectivity index (χ2v) is 7.80. The van der Waals surface area contributed by atoms with Crippen LogP contribution in [0.5, 0.6) is 0 Å². The molecule has 0 unspecified atom stereocenters. The van der Waals surface area contributed by atoms with Gasteiger partial charge in [0.1, 0.15) is 5.02 Å². The van der Waals surface area contributed by atoms with Crippen molar-refractivity contribution in [1.82, 2.24) is 15.1 Å². The van der Waals surface area contributed by atoms with Crippen molar-refractivity contribution in [3.63, 3.8) is 0 Å². The fraction of sp³-hybridized carbons (Fsp3) is 0.474. The molecule has 6 heteroatoms. The van der Waals surface area contributed by atoms with Crippen molar-refractivity contribution in [1.29, 1.82) is 0 Å². The maximum atomic E-state index is 6.32. The predicted molar refractivity (Wildman–Crippen MR) is 108 cm³/mol. The van der Waals surface area contributed by atoms with Crippen LogP contribution in [-0.2, 0) is 6.54 Å². The predicted octanol–water partition coefficient (Wildman–Crippen LogP) is 4.70. The molecule has 1 saturated carbocycles. The van der Waals surface area contributed by atoms with Crippen LogP contribution in [-0.4, -0.2) is 20.9 Å². The Morgan fingerprint density at radius 2 is 2.04 bits per heavy atom. The second-order valence-electron chi connectivity index (χ2n) is 6.98. The van der Waals surface area contributed by atoms with Crippen molar-refractivity contribution in [2.75, 3.05) is 5.32 Å². The van der Waals surface area contributed by atoms with Crippen LogP contribution in [0, 0.1) is 11.8 Å². The van der Waals surface area contributed by atoms with Gasteiger partial charge >= 0.3 is 0 Å². The third kappa shape index (κ3) is 4.73. The lowest BCUT2D eigenvalue weighted by atomic mass is 9.78. The Labute approximate surface area is 160 Å². The van der Waals surface area contributed by atoms with Gasteiger partial charge in [-0.15, -0.1) is 0 Å². The van der Waals surface area contributed by atoms with Gasteiger partial charge in [-0.2, -0.15) is 5.10 Å². The molecular weight excluding hydrogens is 352 g/mol. The summed E-state index contributed by atoms with van der Waals surface area (Å²) in [6.45, 7) is 5.29. The van der Waals surface area contributed by atoms with E-state index in [1.165, 1.54) is 18.4 Å². The Balaban J connectivity index is 1.60. The Kier molecular flexibility index (Phi) is 5.97.